The van der Waals surface area contributed by atoms with Gasteiger partial charge >= 0.3 is 0 Å². The van der Waals surface area contributed by atoms with Gasteiger partial charge in [0.25, 0.3) is 0 Å². The Bertz CT molecular complexity index is 993. The summed E-state index contributed by atoms with van der Waals surface area (Å²) in [5, 5.41) is 0. The number of fused-ring (bicyclic) bond motifs is 1. The molecule has 0 bridgehead atoms. The number of thioether (sulfide) groups is 1. The lowest BCUT2D eigenvalue weighted by Gasteiger charge is -2.05. The Balaban J connectivity index is 1.64. The van der Waals surface area contributed by atoms with Gasteiger partial charge in [0.2, 0.25) is 5.91 Å². The summed E-state index contributed by atoms with van der Waals surface area (Å²) in [6, 6.07) is 12.3. The van der Waals surface area contributed by atoms with E-state index in [1.54, 1.807) is 23.9 Å². The van der Waals surface area contributed by atoms with E-state index in [1.165, 1.54) is 23.5 Å². The van der Waals surface area contributed by atoms with Gasteiger partial charge in [0.15, 0.2) is 4.80 Å². The summed E-state index contributed by atoms with van der Waals surface area (Å²) in [4.78, 5) is 18.2. The van der Waals surface area contributed by atoms with Crippen LogP contribution in [-0.4, -0.2) is 22.8 Å². The second-order valence-corrected chi connectivity index (χ2v) is 8.07. The average Bonchev–Trinajstić information content (AvgIpc) is 2.97. The van der Waals surface area contributed by atoms with Crippen LogP contribution in [0.2, 0.25) is 0 Å². The molecular formula is C20H21FN2O2S2. The minimum atomic E-state index is -0.239. The number of amides is 1. The van der Waals surface area contributed by atoms with E-state index in [2.05, 4.69) is 4.99 Å². The average molecular weight is 405 g/mol. The first-order valence-electron chi connectivity index (χ1n) is 8.75. The molecule has 0 saturated heterocycles. The highest BCUT2D eigenvalue weighted by molar-refractivity contribution is 7.99. The molecule has 7 heteroatoms. The summed E-state index contributed by atoms with van der Waals surface area (Å²) in [5.74, 6) is 1.23. The third kappa shape index (κ3) is 4.99. The van der Waals surface area contributed by atoms with Gasteiger partial charge in [0.05, 0.1) is 11.3 Å². The van der Waals surface area contributed by atoms with Crippen molar-refractivity contribution in [1.29, 1.82) is 0 Å². The van der Waals surface area contributed by atoms with Gasteiger partial charge in [-0.3, -0.25) is 4.79 Å². The highest BCUT2D eigenvalue weighted by Crippen LogP contribution is 2.26. The van der Waals surface area contributed by atoms with Crippen LogP contribution in [0.25, 0.3) is 10.2 Å². The lowest BCUT2D eigenvalue weighted by Crippen LogP contribution is -2.13. The van der Waals surface area contributed by atoms with Crippen LogP contribution in [0.15, 0.2) is 52.4 Å². The van der Waals surface area contributed by atoms with E-state index < -0.39 is 0 Å². The van der Waals surface area contributed by atoms with Crippen molar-refractivity contribution in [2.75, 3.05) is 12.4 Å². The maximum atomic E-state index is 12.9. The van der Waals surface area contributed by atoms with Crippen LogP contribution in [0.1, 0.15) is 19.8 Å². The summed E-state index contributed by atoms with van der Waals surface area (Å²) in [5.41, 5.74) is 0.961. The molecule has 0 aliphatic rings. The smallest absolute Gasteiger partial charge is 0.248 e. The number of thiazole rings is 1. The summed E-state index contributed by atoms with van der Waals surface area (Å²) < 4.78 is 21.5. The molecule has 0 saturated carbocycles. The van der Waals surface area contributed by atoms with E-state index in [4.69, 9.17) is 4.74 Å². The predicted octanol–water partition coefficient (Wildman–Crippen LogP) is 4.78. The third-order valence-electron chi connectivity index (χ3n) is 3.92. The minimum Gasteiger partial charge on any atom is -0.492 e. The molecule has 0 atom stereocenters. The van der Waals surface area contributed by atoms with Gasteiger partial charge in [-0.2, -0.15) is 4.99 Å². The number of hydrogen-bond donors (Lipinski definition) is 0. The number of carbonyl (C=O) groups is 1. The minimum absolute atomic E-state index is 0.130. The fourth-order valence-corrected chi connectivity index (χ4v) is 4.56. The predicted molar refractivity (Wildman–Crippen MR) is 109 cm³/mol. The lowest BCUT2D eigenvalue weighted by molar-refractivity contribution is -0.118. The molecule has 0 fully saturated rings. The molecule has 2 aromatic carbocycles. The number of halogens is 1. The Morgan fingerprint density at radius 2 is 2.04 bits per heavy atom. The van der Waals surface area contributed by atoms with Gasteiger partial charge in [-0.1, -0.05) is 17.4 Å². The molecule has 3 aromatic rings. The molecule has 3 rings (SSSR count). The fourth-order valence-electron chi connectivity index (χ4n) is 2.65. The molecule has 0 radical (unpaired) electrons. The highest BCUT2D eigenvalue weighted by atomic mass is 32.2. The summed E-state index contributed by atoms with van der Waals surface area (Å²) >= 11 is 3.10. The second kappa shape index (κ2) is 9.19. The molecule has 27 heavy (non-hydrogen) atoms. The topological polar surface area (TPSA) is 43.6 Å². The first-order valence-corrected chi connectivity index (χ1v) is 10.6. The summed E-state index contributed by atoms with van der Waals surface area (Å²) in [7, 11) is 1.90. The van der Waals surface area contributed by atoms with Gasteiger partial charge < -0.3 is 9.30 Å². The Morgan fingerprint density at radius 1 is 1.26 bits per heavy atom. The quantitative estimate of drug-likeness (QED) is 0.421. The molecule has 1 heterocycles. The van der Waals surface area contributed by atoms with E-state index in [-0.39, 0.29) is 11.7 Å². The van der Waals surface area contributed by atoms with Crippen molar-refractivity contribution in [1.82, 2.24) is 4.57 Å². The number of nitrogens with zero attached hydrogens (tertiary/aromatic N) is 2. The van der Waals surface area contributed by atoms with E-state index in [0.29, 0.717) is 17.8 Å². The zero-order valence-corrected chi connectivity index (χ0v) is 16.9. The molecule has 0 unspecified atom stereocenters. The standard InChI is InChI=1S/C20H21FN2O2S2/c1-3-25-16-6-4-7-17-19(16)23(2)20(27-17)22-18(24)8-5-13-26-15-11-9-14(21)10-12-15/h4,6-7,9-12H,3,5,8,13H2,1-2H3. The lowest BCUT2D eigenvalue weighted by atomic mass is 10.3. The SMILES string of the molecule is CCOc1cccc2sc(=NC(=O)CCCSc3ccc(F)cc3)n(C)c12. The van der Waals surface area contributed by atoms with Crippen molar-refractivity contribution in [2.45, 2.75) is 24.7 Å². The van der Waals surface area contributed by atoms with Gasteiger partial charge in [-0.25, -0.2) is 4.39 Å². The zero-order valence-electron chi connectivity index (χ0n) is 15.3. The number of benzene rings is 2. The molecule has 0 spiro atoms. The molecule has 0 N–H and O–H groups in total. The van der Waals surface area contributed by atoms with Crippen molar-refractivity contribution in [3.63, 3.8) is 0 Å². The fraction of sp³-hybridized carbons (Fsp3) is 0.300. The van der Waals surface area contributed by atoms with Crippen LogP contribution in [0, 0.1) is 5.82 Å². The Morgan fingerprint density at radius 3 is 2.78 bits per heavy atom. The summed E-state index contributed by atoms with van der Waals surface area (Å²) in [6.45, 7) is 2.54. The van der Waals surface area contributed by atoms with Crippen LogP contribution >= 0.6 is 23.1 Å². The first kappa shape index (κ1) is 19.6. The normalized spacial score (nSPS) is 11.9. The summed E-state index contributed by atoms with van der Waals surface area (Å²) in [6.07, 6.45) is 1.12. The maximum absolute atomic E-state index is 12.9. The van der Waals surface area contributed by atoms with Crippen LogP contribution in [0.3, 0.4) is 0 Å². The number of hydrogen-bond acceptors (Lipinski definition) is 4. The van der Waals surface area contributed by atoms with Gasteiger partial charge in [-0.05, 0) is 55.5 Å². The zero-order chi connectivity index (χ0) is 19.2. The maximum Gasteiger partial charge on any atom is 0.248 e. The molecule has 1 amide bonds. The van der Waals surface area contributed by atoms with Gasteiger partial charge in [0.1, 0.15) is 17.1 Å². The van der Waals surface area contributed by atoms with Crippen molar-refractivity contribution in [3.05, 3.63) is 53.1 Å². The van der Waals surface area contributed by atoms with Crippen LogP contribution < -0.4 is 9.54 Å². The first-order chi connectivity index (χ1) is 13.1. The Labute approximate surface area is 165 Å². The largest absolute Gasteiger partial charge is 0.492 e. The molecule has 142 valence electrons. The van der Waals surface area contributed by atoms with Crippen molar-refractivity contribution >= 4 is 39.2 Å². The monoisotopic (exact) mass is 404 g/mol. The van der Waals surface area contributed by atoms with Crippen molar-refractivity contribution in [3.8, 4) is 5.75 Å². The van der Waals surface area contributed by atoms with Crippen LogP contribution in [0.5, 0.6) is 5.75 Å². The number of aromatic nitrogens is 1. The van der Waals surface area contributed by atoms with Crippen molar-refractivity contribution in [2.24, 2.45) is 12.0 Å². The molecule has 0 aliphatic heterocycles. The third-order valence-corrected chi connectivity index (χ3v) is 6.12. The van der Waals surface area contributed by atoms with Crippen molar-refractivity contribution < 1.29 is 13.9 Å². The van der Waals surface area contributed by atoms with E-state index in [1.807, 2.05) is 36.7 Å². The van der Waals surface area contributed by atoms with Gasteiger partial charge in [0, 0.05) is 18.4 Å². The van der Waals surface area contributed by atoms with E-state index in [9.17, 15) is 9.18 Å². The highest BCUT2D eigenvalue weighted by Gasteiger charge is 2.10. The van der Waals surface area contributed by atoms with Crippen LogP contribution in [0.4, 0.5) is 4.39 Å². The number of aryl methyl sites for hydroxylation is 1. The Kier molecular flexibility index (Phi) is 6.68. The van der Waals surface area contributed by atoms with E-state index >= 15 is 0 Å². The molecule has 1 aromatic heterocycles. The Hall–Kier alpha value is -2.12. The number of para-hydroxylation sites is 1. The van der Waals surface area contributed by atoms with Crippen LogP contribution in [-0.2, 0) is 11.8 Å². The number of ether oxygens (including phenoxy) is 1. The second-order valence-electron chi connectivity index (χ2n) is 5.89. The molecule has 4 nitrogen and oxygen atoms in total. The number of carbonyl (C=O) groups excluding carboxylic acids is 1. The molecular weight excluding hydrogens is 383 g/mol. The molecule has 0 aliphatic carbocycles. The number of rotatable bonds is 7. The van der Waals surface area contributed by atoms with E-state index in [0.717, 1.165) is 33.0 Å². The van der Waals surface area contributed by atoms with Gasteiger partial charge in [-0.15, -0.1) is 11.8 Å².